The van der Waals surface area contributed by atoms with Crippen molar-refractivity contribution in [3.05, 3.63) is 35.4 Å². The van der Waals surface area contributed by atoms with Gasteiger partial charge in [-0.05, 0) is 37.2 Å². The molecule has 1 aliphatic carbocycles. The van der Waals surface area contributed by atoms with Crippen molar-refractivity contribution in [2.75, 3.05) is 13.2 Å². The molecule has 0 aromatic heterocycles. The number of carbonyl (C=O) groups excluding carboxylic acids is 4. The number of benzene rings is 1. The molecule has 0 radical (unpaired) electrons. The number of nitrogens with zero attached hydrogens (tertiary/aromatic N) is 1. The number of unbranched alkanes of at least 4 members (excludes halogenated alkanes) is 1. The molecule has 162 valence electrons. The lowest BCUT2D eigenvalue weighted by Gasteiger charge is -2.36. The van der Waals surface area contributed by atoms with Gasteiger partial charge < -0.3 is 10.1 Å². The van der Waals surface area contributed by atoms with Gasteiger partial charge in [-0.3, -0.25) is 19.3 Å². The van der Waals surface area contributed by atoms with Crippen molar-refractivity contribution < 1.29 is 23.9 Å². The van der Waals surface area contributed by atoms with Gasteiger partial charge in [0.1, 0.15) is 12.1 Å². The molecule has 1 N–H and O–H groups in total. The first-order chi connectivity index (χ1) is 14.4. The molecule has 2 fully saturated rings. The molecule has 2 atom stereocenters. The number of ketones is 1. The molecule has 1 saturated carbocycles. The van der Waals surface area contributed by atoms with Gasteiger partial charge >= 0.3 is 12.0 Å². The number of Topliss-reactive ketones (excluding diaryl/α,β-unsaturated/α-hetero) is 1. The third kappa shape index (κ3) is 4.55. The monoisotopic (exact) mass is 414 g/mol. The molecule has 3 rings (SSSR count). The molecule has 1 aromatic carbocycles. The van der Waals surface area contributed by atoms with E-state index >= 15 is 0 Å². The highest BCUT2D eigenvalue weighted by Gasteiger charge is 2.55. The number of ether oxygens (including phenoxy) is 1. The van der Waals surface area contributed by atoms with E-state index in [1.54, 1.807) is 12.1 Å². The van der Waals surface area contributed by atoms with Crippen molar-refractivity contribution in [1.82, 2.24) is 10.2 Å². The van der Waals surface area contributed by atoms with Crippen molar-refractivity contribution >= 4 is 23.7 Å². The van der Waals surface area contributed by atoms with Gasteiger partial charge in [0.05, 0.1) is 0 Å². The van der Waals surface area contributed by atoms with E-state index in [4.69, 9.17) is 4.74 Å². The summed E-state index contributed by atoms with van der Waals surface area (Å²) in [5.41, 5.74) is 0.716. The molecule has 2 aliphatic rings. The Morgan fingerprint density at radius 3 is 2.60 bits per heavy atom. The van der Waals surface area contributed by atoms with E-state index in [9.17, 15) is 19.2 Å². The van der Waals surface area contributed by atoms with Gasteiger partial charge in [0, 0.05) is 5.56 Å². The van der Waals surface area contributed by atoms with E-state index in [0.29, 0.717) is 12.0 Å². The predicted molar refractivity (Wildman–Crippen MR) is 111 cm³/mol. The normalized spacial score (nSPS) is 23.5. The van der Waals surface area contributed by atoms with E-state index in [1.165, 1.54) is 0 Å². The zero-order chi connectivity index (χ0) is 21.7. The van der Waals surface area contributed by atoms with Gasteiger partial charge in [-0.25, -0.2) is 4.79 Å². The molecule has 7 nitrogen and oxygen atoms in total. The minimum atomic E-state index is -0.912. The Balaban J connectivity index is 1.52. The van der Waals surface area contributed by atoms with E-state index in [0.717, 1.165) is 49.0 Å². The first-order valence-electron chi connectivity index (χ1n) is 10.8. The van der Waals surface area contributed by atoms with Crippen LogP contribution in [0.25, 0.3) is 0 Å². The largest absolute Gasteiger partial charge is 0.456 e. The Morgan fingerprint density at radius 1 is 1.20 bits per heavy atom. The molecule has 30 heavy (non-hydrogen) atoms. The maximum Gasteiger partial charge on any atom is 0.326 e. The van der Waals surface area contributed by atoms with Gasteiger partial charge in [0.15, 0.2) is 12.4 Å². The number of carbonyl (C=O) groups is 4. The number of urea groups is 1. The first kappa shape index (κ1) is 22.0. The van der Waals surface area contributed by atoms with Gasteiger partial charge in [-0.2, -0.15) is 0 Å². The predicted octanol–water partition coefficient (Wildman–Crippen LogP) is 3.26. The topological polar surface area (TPSA) is 92.8 Å². The molecule has 0 unspecified atom stereocenters. The first-order valence-corrected chi connectivity index (χ1v) is 10.8. The fraction of sp³-hybridized carbons (Fsp3) is 0.565. The zero-order valence-corrected chi connectivity index (χ0v) is 17.7. The summed E-state index contributed by atoms with van der Waals surface area (Å²) in [6, 6.07) is 6.70. The average Bonchev–Trinajstić information content (AvgIpc) is 2.98. The maximum absolute atomic E-state index is 12.9. The van der Waals surface area contributed by atoms with Crippen molar-refractivity contribution in [2.45, 2.75) is 64.3 Å². The number of amides is 3. The summed E-state index contributed by atoms with van der Waals surface area (Å²) in [7, 11) is 0. The van der Waals surface area contributed by atoms with Gasteiger partial charge in [-0.15, -0.1) is 0 Å². The Morgan fingerprint density at radius 2 is 1.93 bits per heavy atom. The van der Waals surface area contributed by atoms with Crippen LogP contribution in [0.3, 0.4) is 0 Å². The van der Waals surface area contributed by atoms with Crippen LogP contribution in [0.5, 0.6) is 0 Å². The lowest BCUT2D eigenvalue weighted by atomic mass is 9.73. The van der Waals surface area contributed by atoms with Crippen LogP contribution in [0.4, 0.5) is 4.79 Å². The summed E-state index contributed by atoms with van der Waals surface area (Å²) in [6.07, 6.45) is 6.48. The zero-order valence-electron chi connectivity index (χ0n) is 17.7. The Kier molecular flexibility index (Phi) is 6.90. The molecule has 1 aromatic rings. The van der Waals surface area contributed by atoms with Crippen molar-refractivity contribution in [3.63, 3.8) is 0 Å². The molecular weight excluding hydrogens is 384 g/mol. The van der Waals surface area contributed by atoms with Crippen LogP contribution in [0, 0.1) is 5.92 Å². The summed E-state index contributed by atoms with van der Waals surface area (Å²) in [5.74, 6) is -1.44. The molecule has 1 saturated heterocycles. The summed E-state index contributed by atoms with van der Waals surface area (Å²) < 4.78 is 5.05. The highest BCUT2D eigenvalue weighted by molar-refractivity contribution is 6.09. The minimum Gasteiger partial charge on any atom is -0.456 e. The average molecular weight is 415 g/mol. The quantitative estimate of drug-likeness (QED) is 0.400. The lowest BCUT2D eigenvalue weighted by Crippen LogP contribution is -2.54. The van der Waals surface area contributed by atoms with Gasteiger partial charge in [-0.1, -0.05) is 57.4 Å². The number of esters is 1. The van der Waals surface area contributed by atoms with E-state index < -0.39 is 30.7 Å². The van der Waals surface area contributed by atoms with Gasteiger partial charge in [0.25, 0.3) is 5.91 Å². The second-order valence-corrected chi connectivity index (χ2v) is 8.32. The minimum absolute atomic E-state index is 0.0191. The summed E-state index contributed by atoms with van der Waals surface area (Å²) in [5, 5.41) is 2.80. The Labute approximate surface area is 177 Å². The number of aryl methyl sites for hydroxylation is 1. The number of hydrogen-bond donors (Lipinski definition) is 1. The summed E-state index contributed by atoms with van der Waals surface area (Å²) >= 11 is 0. The van der Waals surface area contributed by atoms with E-state index in [2.05, 4.69) is 12.2 Å². The van der Waals surface area contributed by atoms with Crippen molar-refractivity contribution in [2.24, 2.45) is 5.92 Å². The van der Waals surface area contributed by atoms with Crippen LogP contribution in [-0.2, 0) is 20.7 Å². The van der Waals surface area contributed by atoms with Crippen LogP contribution in [-0.4, -0.2) is 47.3 Å². The number of hydrogen-bond acceptors (Lipinski definition) is 5. The third-order valence-corrected chi connectivity index (χ3v) is 6.25. The molecule has 1 heterocycles. The standard InChI is InChI=1S/C23H30N2O5/c1-3-4-8-17-9-11-18(12-10-17)19(26)15-30-20(27)14-25-21(28)23(24-22(25)29)13-6-5-7-16(23)2/h9-12,16H,3-8,13-15H2,1-2H3,(H,24,29)/t16-,23+/m1/s1. The van der Waals surface area contributed by atoms with Crippen LogP contribution in [0.2, 0.25) is 0 Å². The molecule has 1 aliphatic heterocycles. The molecule has 1 spiro atoms. The Hall–Kier alpha value is -2.70. The maximum atomic E-state index is 12.9. The number of rotatable bonds is 8. The SMILES string of the molecule is CCCCc1ccc(C(=O)COC(=O)CN2C(=O)N[C@]3(CCCC[C@H]3C)C2=O)cc1. The number of nitrogens with one attached hydrogen (secondary N) is 1. The second kappa shape index (κ2) is 9.41. The molecule has 3 amide bonds. The smallest absolute Gasteiger partial charge is 0.326 e. The highest BCUT2D eigenvalue weighted by atomic mass is 16.5. The third-order valence-electron chi connectivity index (χ3n) is 6.25. The molecular formula is C23H30N2O5. The summed E-state index contributed by atoms with van der Waals surface area (Å²) in [4.78, 5) is 50.6. The molecule has 0 bridgehead atoms. The Bertz CT molecular complexity index is 819. The van der Waals surface area contributed by atoms with Crippen molar-refractivity contribution in [1.29, 1.82) is 0 Å². The van der Waals surface area contributed by atoms with Gasteiger partial charge in [0.2, 0.25) is 0 Å². The highest BCUT2D eigenvalue weighted by Crippen LogP contribution is 2.38. The van der Waals surface area contributed by atoms with Crippen LogP contribution < -0.4 is 5.32 Å². The lowest BCUT2D eigenvalue weighted by molar-refractivity contribution is -0.147. The fourth-order valence-electron chi connectivity index (χ4n) is 4.28. The van der Waals surface area contributed by atoms with Crippen LogP contribution in [0.15, 0.2) is 24.3 Å². The van der Waals surface area contributed by atoms with Crippen LogP contribution in [0.1, 0.15) is 68.3 Å². The van der Waals surface area contributed by atoms with Crippen molar-refractivity contribution in [3.8, 4) is 0 Å². The van der Waals surface area contributed by atoms with E-state index in [-0.39, 0.29) is 17.6 Å². The number of imide groups is 1. The second-order valence-electron chi connectivity index (χ2n) is 8.32. The molecule has 7 heteroatoms. The fourth-order valence-corrected chi connectivity index (χ4v) is 4.28. The van der Waals surface area contributed by atoms with E-state index in [1.807, 2.05) is 19.1 Å². The summed E-state index contributed by atoms with van der Waals surface area (Å²) in [6.45, 7) is 3.17. The van der Waals surface area contributed by atoms with Crippen LogP contribution >= 0.6 is 0 Å².